The molecule has 0 fully saturated rings. The van der Waals surface area contributed by atoms with Crippen LogP contribution in [0.25, 0.3) is 10.9 Å². The molecule has 4 nitrogen and oxygen atoms in total. The fourth-order valence-electron chi connectivity index (χ4n) is 2.30. The van der Waals surface area contributed by atoms with Crippen molar-refractivity contribution in [3.05, 3.63) is 60.8 Å². The van der Waals surface area contributed by atoms with Gasteiger partial charge in [-0.2, -0.15) is 0 Å². The summed E-state index contributed by atoms with van der Waals surface area (Å²) in [7, 11) is 0. The molecule has 0 unspecified atom stereocenters. The summed E-state index contributed by atoms with van der Waals surface area (Å²) >= 11 is 0. The maximum atomic E-state index is 5.85. The van der Waals surface area contributed by atoms with Crippen molar-refractivity contribution in [2.75, 3.05) is 18.4 Å². The van der Waals surface area contributed by atoms with Gasteiger partial charge in [0.25, 0.3) is 0 Å². The molecule has 22 heavy (non-hydrogen) atoms. The Kier molecular flexibility index (Phi) is 4.51. The van der Waals surface area contributed by atoms with Crippen LogP contribution in [0.15, 0.2) is 60.8 Å². The molecule has 1 aromatic heterocycles. The Morgan fingerprint density at radius 3 is 2.68 bits per heavy atom. The van der Waals surface area contributed by atoms with E-state index in [2.05, 4.69) is 10.3 Å². The van der Waals surface area contributed by atoms with Gasteiger partial charge in [0.05, 0.1) is 5.52 Å². The van der Waals surface area contributed by atoms with Gasteiger partial charge in [-0.3, -0.25) is 4.98 Å². The molecule has 1 heterocycles. The summed E-state index contributed by atoms with van der Waals surface area (Å²) in [5.41, 5.74) is 7.51. The molecule has 3 aromatic rings. The fraction of sp³-hybridized carbons (Fsp3) is 0.167. The van der Waals surface area contributed by atoms with Crippen molar-refractivity contribution < 1.29 is 4.74 Å². The first kappa shape index (κ1) is 14.4. The molecule has 0 aliphatic rings. The lowest BCUT2D eigenvalue weighted by Gasteiger charge is -2.10. The van der Waals surface area contributed by atoms with Crippen molar-refractivity contribution in [2.45, 2.75) is 6.42 Å². The lowest BCUT2D eigenvalue weighted by Crippen LogP contribution is -2.08. The van der Waals surface area contributed by atoms with Crippen molar-refractivity contribution in [1.29, 1.82) is 0 Å². The summed E-state index contributed by atoms with van der Waals surface area (Å²) < 4.78 is 5.85. The first-order valence-corrected chi connectivity index (χ1v) is 7.42. The minimum absolute atomic E-state index is 0.686. The van der Waals surface area contributed by atoms with E-state index >= 15 is 0 Å². The molecule has 3 N–H and O–H groups in total. The van der Waals surface area contributed by atoms with Crippen LogP contribution in [-0.4, -0.2) is 18.1 Å². The standard InChI is InChI=1S/C18H19N3O/c19-10-4-11-20-17-9-12-21-18-13-15(7-8-16(17)18)22-14-5-2-1-3-6-14/h1-3,5-9,12-13H,4,10-11,19H2,(H,20,21). The Morgan fingerprint density at radius 2 is 1.86 bits per heavy atom. The predicted octanol–water partition coefficient (Wildman–Crippen LogP) is 3.79. The summed E-state index contributed by atoms with van der Waals surface area (Å²) in [5, 5.41) is 4.48. The quantitative estimate of drug-likeness (QED) is 0.679. The average Bonchev–Trinajstić information content (AvgIpc) is 2.56. The number of nitrogens with one attached hydrogen (secondary N) is 1. The van der Waals surface area contributed by atoms with Gasteiger partial charge < -0.3 is 15.8 Å². The summed E-state index contributed by atoms with van der Waals surface area (Å²) in [4.78, 5) is 4.43. The van der Waals surface area contributed by atoms with Crippen LogP contribution in [0.4, 0.5) is 5.69 Å². The smallest absolute Gasteiger partial charge is 0.129 e. The number of nitrogens with two attached hydrogens (primary N) is 1. The number of anilines is 1. The van der Waals surface area contributed by atoms with Gasteiger partial charge in [0.15, 0.2) is 0 Å². The van der Waals surface area contributed by atoms with Gasteiger partial charge in [0, 0.05) is 29.9 Å². The molecule has 0 aliphatic heterocycles. The summed E-state index contributed by atoms with van der Waals surface area (Å²) in [6, 6.07) is 17.7. The van der Waals surface area contributed by atoms with Crippen LogP contribution in [0.3, 0.4) is 0 Å². The van der Waals surface area contributed by atoms with Crippen molar-refractivity contribution >= 4 is 16.6 Å². The van der Waals surface area contributed by atoms with E-state index in [0.717, 1.165) is 41.1 Å². The number of aromatic nitrogens is 1. The van der Waals surface area contributed by atoms with Crippen molar-refractivity contribution in [3.63, 3.8) is 0 Å². The van der Waals surface area contributed by atoms with Crippen LogP contribution >= 0.6 is 0 Å². The highest BCUT2D eigenvalue weighted by Gasteiger charge is 2.04. The predicted molar refractivity (Wildman–Crippen MR) is 90.4 cm³/mol. The van der Waals surface area contributed by atoms with Gasteiger partial charge >= 0.3 is 0 Å². The molecule has 0 atom stereocenters. The normalized spacial score (nSPS) is 10.6. The Bertz CT molecular complexity index is 744. The van der Waals surface area contributed by atoms with Gasteiger partial charge in [0.2, 0.25) is 0 Å². The van der Waals surface area contributed by atoms with Gasteiger partial charge in [-0.1, -0.05) is 18.2 Å². The Hall–Kier alpha value is -2.59. The van der Waals surface area contributed by atoms with Gasteiger partial charge in [-0.25, -0.2) is 0 Å². The van der Waals surface area contributed by atoms with Gasteiger partial charge in [-0.05, 0) is 43.3 Å². The van der Waals surface area contributed by atoms with Crippen molar-refractivity contribution in [2.24, 2.45) is 5.73 Å². The van der Waals surface area contributed by atoms with Crippen LogP contribution in [0.1, 0.15) is 6.42 Å². The first-order chi connectivity index (χ1) is 10.9. The molecule has 0 amide bonds. The molecular formula is C18H19N3O. The number of hydrogen-bond donors (Lipinski definition) is 2. The second-order valence-electron chi connectivity index (χ2n) is 5.02. The minimum atomic E-state index is 0.686. The fourth-order valence-corrected chi connectivity index (χ4v) is 2.30. The molecule has 2 aromatic carbocycles. The lowest BCUT2D eigenvalue weighted by molar-refractivity contribution is 0.483. The summed E-state index contributed by atoms with van der Waals surface area (Å²) in [5.74, 6) is 1.60. The molecule has 0 saturated carbocycles. The maximum absolute atomic E-state index is 5.85. The second kappa shape index (κ2) is 6.91. The van der Waals surface area contributed by atoms with E-state index in [9.17, 15) is 0 Å². The molecule has 4 heteroatoms. The number of hydrogen-bond acceptors (Lipinski definition) is 4. The van der Waals surface area contributed by atoms with E-state index in [0.29, 0.717) is 6.54 Å². The second-order valence-corrected chi connectivity index (χ2v) is 5.02. The maximum Gasteiger partial charge on any atom is 0.129 e. The van der Waals surface area contributed by atoms with E-state index < -0.39 is 0 Å². The van der Waals surface area contributed by atoms with Crippen LogP contribution in [-0.2, 0) is 0 Å². The SMILES string of the molecule is NCCCNc1ccnc2cc(Oc3ccccc3)ccc12. The summed E-state index contributed by atoms with van der Waals surface area (Å²) in [6.07, 6.45) is 2.75. The van der Waals surface area contributed by atoms with E-state index in [-0.39, 0.29) is 0 Å². The molecular weight excluding hydrogens is 274 g/mol. The van der Waals surface area contributed by atoms with Crippen LogP contribution < -0.4 is 15.8 Å². The zero-order valence-corrected chi connectivity index (χ0v) is 12.3. The van der Waals surface area contributed by atoms with Crippen LogP contribution in [0, 0.1) is 0 Å². The van der Waals surface area contributed by atoms with Gasteiger partial charge in [-0.15, -0.1) is 0 Å². The number of rotatable bonds is 6. The lowest BCUT2D eigenvalue weighted by atomic mass is 10.1. The highest BCUT2D eigenvalue weighted by molar-refractivity contribution is 5.91. The Labute approximate surface area is 129 Å². The summed E-state index contributed by atoms with van der Waals surface area (Å²) in [6.45, 7) is 1.54. The van der Waals surface area contributed by atoms with E-state index in [1.807, 2.05) is 54.6 Å². The van der Waals surface area contributed by atoms with Crippen molar-refractivity contribution in [1.82, 2.24) is 4.98 Å². The Morgan fingerprint density at radius 1 is 1.00 bits per heavy atom. The average molecular weight is 293 g/mol. The number of ether oxygens (including phenoxy) is 1. The third-order valence-electron chi connectivity index (χ3n) is 3.39. The third-order valence-corrected chi connectivity index (χ3v) is 3.39. The minimum Gasteiger partial charge on any atom is -0.457 e. The number of nitrogens with zero attached hydrogens (tertiary/aromatic N) is 1. The highest BCUT2D eigenvalue weighted by atomic mass is 16.5. The van der Waals surface area contributed by atoms with Crippen LogP contribution in [0.2, 0.25) is 0 Å². The Balaban J connectivity index is 1.84. The number of benzene rings is 2. The third kappa shape index (κ3) is 3.35. The van der Waals surface area contributed by atoms with Crippen LogP contribution in [0.5, 0.6) is 11.5 Å². The zero-order valence-electron chi connectivity index (χ0n) is 12.3. The number of para-hydroxylation sites is 1. The van der Waals surface area contributed by atoms with E-state index in [4.69, 9.17) is 10.5 Å². The molecule has 0 aliphatic carbocycles. The zero-order chi connectivity index (χ0) is 15.2. The number of fused-ring (bicyclic) bond motifs is 1. The largest absolute Gasteiger partial charge is 0.457 e. The van der Waals surface area contributed by atoms with Gasteiger partial charge in [0.1, 0.15) is 11.5 Å². The van der Waals surface area contributed by atoms with E-state index in [1.54, 1.807) is 6.20 Å². The van der Waals surface area contributed by atoms with Crippen molar-refractivity contribution in [3.8, 4) is 11.5 Å². The molecule has 3 rings (SSSR count). The molecule has 0 bridgehead atoms. The molecule has 0 spiro atoms. The molecule has 112 valence electrons. The van der Waals surface area contributed by atoms with E-state index in [1.165, 1.54) is 0 Å². The molecule has 0 saturated heterocycles. The highest BCUT2D eigenvalue weighted by Crippen LogP contribution is 2.28. The topological polar surface area (TPSA) is 60.2 Å². The number of pyridine rings is 1. The molecule has 0 radical (unpaired) electrons. The first-order valence-electron chi connectivity index (χ1n) is 7.42. The monoisotopic (exact) mass is 293 g/mol.